The zero-order valence-corrected chi connectivity index (χ0v) is 12.5. The van der Waals surface area contributed by atoms with Gasteiger partial charge >= 0.3 is 0 Å². The van der Waals surface area contributed by atoms with Crippen molar-refractivity contribution >= 4 is 11.7 Å². The first-order valence-corrected chi connectivity index (χ1v) is 7.24. The Morgan fingerprint density at radius 3 is 2.70 bits per heavy atom. The molecule has 1 fully saturated rings. The number of hydrogen-bond donors (Lipinski definition) is 1. The minimum Gasteiger partial charge on any atom is -0.372 e. The molecule has 0 spiro atoms. The first-order chi connectivity index (χ1) is 9.69. The topological polar surface area (TPSA) is 61.4 Å². The molecule has 1 amide bonds. The number of likely N-dealkylation sites (tertiary alicyclic amines) is 1. The number of nitrogens with one attached hydrogen (secondary N) is 1. The van der Waals surface area contributed by atoms with Crippen LogP contribution in [0.15, 0.2) is 12.1 Å². The second kappa shape index (κ2) is 6.65. The van der Waals surface area contributed by atoms with Gasteiger partial charge in [-0.2, -0.15) is 0 Å². The lowest BCUT2D eigenvalue weighted by molar-refractivity contribution is 0.0771. The zero-order valence-electron chi connectivity index (χ0n) is 12.5. The van der Waals surface area contributed by atoms with E-state index in [0.29, 0.717) is 17.6 Å². The van der Waals surface area contributed by atoms with Gasteiger partial charge in [0.1, 0.15) is 5.82 Å². The van der Waals surface area contributed by atoms with Crippen molar-refractivity contribution in [2.45, 2.75) is 26.3 Å². The van der Waals surface area contributed by atoms with Crippen molar-refractivity contribution in [1.29, 1.82) is 0 Å². The lowest BCUT2D eigenvalue weighted by Crippen LogP contribution is -2.38. The van der Waals surface area contributed by atoms with Crippen LogP contribution in [0.25, 0.3) is 0 Å². The lowest BCUT2D eigenvalue weighted by Gasteiger charge is -2.26. The van der Waals surface area contributed by atoms with Crippen molar-refractivity contribution < 1.29 is 4.79 Å². The number of anilines is 1. The predicted molar refractivity (Wildman–Crippen MR) is 78.8 cm³/mol. The van der Waals surface area contributed by atoms with Crippen LogP contribution in [0.5, 0.6) is 0 Å². The van der Waals surface area contributed by atoms with Gasteiger partial charge in [0, 0.05) is 26.2 Å². The highest BCUT2D eigenvalue weighted by Crippen LogP contribution is 2.17. The molecule has 1 aliphatic rings. The minimum atomic E-state index is -0.0187. The Morgan fingerprint density at radius 1 is 1.40 bits per heavy atom. The first kappa shape index (κ1) is 14.7. The first-order valence-electron chi connectivity index (χ1n) is 7.24. The Hall–Kier alpha value is -1.69. The van der Waals surface area contributed by atoms with Crippen LogP contribution in [0, 0.1) is 0 Å². The molecular formula is C14H23N5O. The van der Waals surface area contributed by atoms with Crippen molar-refractivity contribution in [1.82, 2.24) is 20.0 Å². The highest BCUT2D eigenvalue weighted by Gasteiger charge is 2.30. The van der Waals surface area contributed by atoms with Crippen LogP contribution in [-0.4, -0.2) is 65.2 Å². The van der Waals surface area contributed by atoms with Gasteiger partial charge in [0.15, 0.2) is 5.69 Å². The summed E-state index contributed by atoms with van der Waals surface area (Å²) in [4.78, 5) is 16.7. The molecule has 1 atom stereocenters. The van der Waals surface area contributed by atoms with Crippen molar-refractivity contribution in [2.75, 3.05) is 38.5 Å². The highest BCUT2D eigenvalue weighted by molar-refractivity contribution is 5.92. The number of aromatic nitrogens is 2. The van der Waals surface area contributed by atoms with Gasteiger partial charge in [0.2, 0.25) is 0 Å². The van der Waals surface area contributed by atoms with Crippen molar-refractivity contribution in [3.8, 4) is 0 Å². The Labute approximate surface area is 120 Å². The molecule has 6 nitrogen and oxygen atoms in total. The maximum atomic E-state index is 12.4. The third-order valence-electron chi connectivity index (χ3n) is 3.92. The standard InChI is InChI=1S/C14H23N5O/c1-4-18(5-2)11-8-9-19(10-11)14(20)12-6-7-13(15-3)17-16-12/h6-7,11H,4-5,8-10H2,1-3H3,(H,15,17). The van der Waals surface area contributed by atoms with Crippen LogP contribution in [0.4, 0.5) is 5.82 Å². The fraction of sp³-hybridized carbons (Fsp3) is 0.643. The molecule has 0 aliphatic carbocycles. The molecule has 0 saturated carbocycles. The fourth-order valence-electron chi connectivity index (χ4n) is 2.71. The molecule has 20 heavy (non-hydrogen) atoms. The van der Waals surface area contributed by atoms with Gasteiger partial charge in [-0.05, 0) is 31.6 Å². The molecule has 1 saturated heterocycles. The summed E-state index contributed by atoms with van der Waals surface area (Å²) in [6.45, 7) is 7.97. The molecule has 0 aromatic carbocycles. The van der Waals surface area contributed by atoms with E-state index in [1.807, 2.05) is 4.90 Å². The number of carbonyl (C=O) groups is 1. The van der Waals surface area contributed by atoms with Gasteiger partial charge in [-0.3, -0.25) is 9.69 Å². The van der Waals surface area contributed by atoms with Crippen LogP contribution >= 0.6 is 0 Å². The van der Waals surface area contributed by atoms with Gasteiger partial charge in [0.25, 0.3) is 5.91 Å². The summed E-state index contributed by atoms with van der Waals surface area (Å²) in [5.74, 6) is 0.652. The van der Waals surface area contributed by atoms with Crippen molar-refractivity contribution in [2.24, 2.45) is 0 Å². The summed E-state index contributed by atoms with van der Waals surface area (Å²) in [6, 6.07) is 3.97. The SMILES string of the molecule is CCN(CC)C1CCN(C(=O)c2ccc(NC)nn2)C1. The molecule has 1 aromatic rings. The van der Waals surface area contributed by atoms with Crippen LogP contribution < -0.4 is 5.32 Å². The molecule has 110 valence electrons. The molecule has 1 N–H and O–H groups in total. The largest absolute Gasteiger partial charge is 0.372 e. The predicted octanol–water partition coefficient (Wildman–Crippen LogP) is 1.07. The van der Waals surface area contributed by atoms with Gasteiger partial charge < -0.3 is 10.2 Å². The van der Waals surface area contributed by atoms with E-state index >= 15 is 0 Å². The van der Waals surface area contributed by atoms with Gasteiger partial charge in [-0.1, -0.05) is 13.8 Å². The maximum Gasteiger partial charge on any atom is 0.274 e. The molecule has 2 heterocycles. The quantitative estimate of drug-likeness (QED) is 0.872. The second-order valence-electron chi connectivity index (χ2n) is 4.97. The summed E-state index contributed by atoms with van der Waals surface area (Å²) in [5.41, 5.74) is 0.421. The van der Waals surface area contributed by atoms with E-state index in [9.17, 15) is 4.79 Å². The monoisotopic (exact) mass is 277 g/mol. The average molecular weight is 277 g/mol. The fourth-order valence-corrected chi connectivity index (χ4v) is 2.71. The van der Waals surface area contributed by atoms with E-state index in [-0.39, 0.29) is 5.91 Å². The smallest absolute Gasteiger partial charge is 0.274 e. The normalized spacial score (nSPS) is 18.6. The maximum absolute atomic E-state index is 12.4. The van der Waals surface area contributed by atoms with E-state index in [2.05, 4.69) is 34.3 Å². The molecule has 2 rings (SSSR count). The Bertz CT molecular complexity index is 443. The lowest BCUT2D eigenvalue weighted by atomic mass is 10.2. The van der Waals surface area contributed by atoms with E-state index < -0.39 is 0 Å². The molecule has 1 unspecified atom stereocenters. The average Bonchev–Trinajstić information content (AvgIpc) is 2.97. The summed E-state index contributed by atoms with van der Waals surface area (Å²) >= 11 is 0. The number of carbonyl (C=O) groups excluding carboxylic acids is 1. The van der Waals surface area contributed by atoms with Crippen LogP contribution in [-0.2, 0) is 0 Å². The molecular weight excluding hydrogens is 254 g/mol. The molecule has 1 aromatic heterocycles. The summed E-state index contributed by atoms with van der Waals surface area (Å²) < 4.78 is 0. The van der Waals surface area contributed by atoms with Crippen LogP contribution in [0.1, 0.15) is 30.8 Å². The van der Waals surface area contributed by atoms with E-state index in [0.717, 1.165) is 32.6 Å². The summed E-state index contributed by atoms with van der Waals surface area (Å²) in [5, 5.41) is 10.8. The highest BCUT2D eigenvalue weighted by atomic mass is 16.2. The third kappa shape index (κ3) is 3.07. The van der Waals surface area contributed by atoms with Crippen LogP contribution in [0.3, 0.4) is 0 Å². The number of nitrogens with zero attached hydrogens (tertiary/aromatic N) is 4. The number of hydrogen-bond acceptors (Lipinski definition) is 5. The minimum absolute atomic E-state index is 0.0187. The van der Waals surface area contributed by atoms with Crippen molar-refractivity contribution in [3.63, 3.8) is 0 Å². The molecule has 0 bridgehead atoms. The van der Waals surface area contributed by atoms with Gasteiger partial charge in [-0.15, -0.1) is 10.2 Å². The second-order valence-corrected chi connectivity index (χ2v) is 4.97. The summed E-state index contributed by atoms with van der Waals surface area (Å²) in [6.07, 6.45) is 1.04. The van der Waals surface area contributed by atoms with Gasteiger partial charge in [0.05, 0.1) is 0 Å². The number of rotatable bonds is 5. The number of likely N-dealkylation sites (N-methyl/N-ethyl adjacent to an activating group) is 1. The van der Waals surface area contributed by atoms with E-state index in [4.69, 9.17) is 0 Å². The Balaban J connectivity index is 2.00. The Morgan fingerprint density at radius 2 is 2.15 bits per heavy atom. The van der Waals surface area contributed by atoms with E-state index in [1.54, 1.807) is 19.2 Å². The Kier molecular flexibility index (Phi) is 4.89. The third-order valence-corrected chi connectivity index (χ3v) is 3.92. The van der Waals surface area contributed by atoms with Gasteiger partial charge in [-0.25, -0.2) is 0 Å². The summed E-state index contributed by atoms with van der Waals surface area (Å²) in [7, 11) is 1.78. The molecule has 1 aliphatic heterocycles. The molecule has 0 radical (unpaired) electrons. The molecule has 6 heteroatoms. The van der Waals surface area contributed by atoms with E-state index in [1.165, 1.54) is 0 Å². The zero-order chi connectivity index (χ0) is 14.5. The van der Waals surface area contributed by atoms with Crippen LogP contribution in [0.2, 0.25) is 0 Å². The number of amides is 1. The van der Waals surface area contributed by atoms with Crippen molar-refractivity contribution in [3.05, 3.63) is 17.8 Å².